The van der Waals surface area contributed by atoms with E-state index in [1.165, 1.54) is 18.4 Å². The van der Waals surface area contributed by atoms with E-state index in [0.717, 1.165) is 22.5 Å². The molecule has 1 amide bonds. The van der Waals surface area contributed by atoms with E-state index in [2.05, 4.69) is 0 Å². The number of nitrogens with one attached hydrogen (secondary N) is 1. The molecule has 0 unspecified atom stereocenters. The number of rotatable bonds is 5. The maximum Gasteiger partial charge on any atom is 0.426 e. The summed E-state index contributed by atoms with van der Waals surface area (Å²) in [6.45, 7) is 0.297. The van der Waals surface area contributed by atoms with Gasteiger partial charge in [0.05, 0.1) is 15.6 Å². The SMILES string of the molecule is CN(c1cccs1)S(=O)(=O)c1ccc(NC(=O)[C@@](C)(O)C(F)(F)F)c(Cl)c1. The second-order valence-electron chi connectivity index (χ2n) is 5.59. The first kappa shape index (κ1) is 21.5. The highest BCUT2D eigenvalue weighted by Crippen LogP contribution is 2.33. The summed E-state index contributed by atoms with van der Waals surface area (Å²) in [5.41, 5.74) is -3.91. The molecule has 2 N–H and O–H groups in total. The fourth-order valence-corrected chi connectivity index (χ4v) is 4.29. The molecule has 148 valence electrons. The number of carbonyl (C=O) groups is 1. The Labute approximate surface area is 162 Å². The Morgan fingerprint density at radius 1 is 1.30 bits per heavy atom. The molecule has 6 nitrogen and oxygen atoms in total. The highest BCUT2D eigenvalue weighted by atomic mass is 35.5. The third-order valence-electron chi connectivity index (χ3n) is 3.66. The van der Waals surface area contributed by atoms with Crippen LogP contribution in [0.4, 0.5) is 23.9 Å². The van der Waals surface area contributed by atoms with Gasteiger partial charge >= 0.3 is 6.18 Å². The monoisotopic (exact) mass is 442 g/mol. The molecule has 0 saturated heterocycles. The summed E-state index contributed by atoms with van der Waals surface area (Å²) in [4.78, 5) is 11.5. The summed E-state index contributed by atoms with van der Waals surface area (Å²) in [6.07, 6.45) is -5.20. The topological polar surface area (TPSA) is 86.7 Å². The van der Waals surface area contributed by atoms with E-state index in [1.54, 1.807) is 17.5 Å². The van der Waals surface area contributed by atoms with Crippen LogP contribution in [0.3, 0.4) is 0 Å². The lowest BCUT2D eigenvalue weighted by Gasteiger charge is -2.25. The van der Waals surface area contributed by atoms with Crippen molar-refractivity contribution in [3.63, 3.8) is 0 Å². The van der Waals surface area contributed by atoms with Crippen molar-refractivity contribution in [2.24, 2.45) is 0 Å². The molecule has 0 fully saturated rings. The minimum atomic E-state index is -5.20. The number of anilines is 2. The van der Waals surface area contributed by atoms with Gasteiger partial charge in [-0.15, -0.1) is 11.3 Å². The Balaban J connectivity index is 2.29. The first-order valence-corrected chi connectivity index (χ1v) is 9.91. The van der Waals surface area contributed by atoms with Crippen LogP contribution in [-0.2, 0) is 14.8 Å². The number of halogens is 4. The number of sulfonamides is 1. The lowest BCUT2D eigenvalue weighted by molar-refractivity contribution is -0.242. The van der Waals surface area contributed by atoms with E-state index in [1.807, 2.05) is 5.32 Å². The van der Waals surface area contributed by atoms with Crippen LogP contribution in [0.25, 0.3) is 0 Å². The number of hydrogen-bond acceptors (Lipinski definition) is 5. The minimum absolute atomic E-state index is 0.219. The number of hydrogen-bond donors (Lipinski definition) is 2. The van der Waals surface area contributed by atoms with Crippen LogP contribution < -0.4 is 9.62 Å². The van der Waals surface area contributed by atoms with E-state index in [-0.39, 0.29) is 15.6 Å². The van der Waals surface area contributed by atoms with E-state index in [9.17, 15) is 31.5 Å². The van der Waals surface area contributed by atoms with Gasteiger partial charge in [0, 0.05) is 7.05 Å². The molecule has 0 spiro atoms. The fourth-order valence-electron chi connectivity index (χ4n) is 1.86. The normalized spacial score (nSPS) is 14.5. The molecule has 1 aromatic carbocycles. The van der Waals surface area contributed by atoms with Gasteiger partial charge in [-0.3, -0.25) is 9.10 Å². The van der Waals surface area contributed by atoms with Crippen molar-refractivity contribution < 1.29 is 31.5 Å². The molecule has 0 aliphatic carbocycles. The van der Waals surface area contributed by atoms with Gasteiger partial charge in [0.2, 0.25) is 5.60 Å². The van der Waals surface area contributed by atoms with Gasteiger partial charge in [-0.05, 0) is 42.6 Å². The van der Waals surface area contributed by atoms with Crippen LogP contribution in [0.2, 0.25) is 5.02 Å². The maximum atomic E-state index is 12.7. The summed E-state index contributed by atoms with van der Waals surface area (Å²) in [5, 5.41) is 13.0. The van der Waals surface area contributed by atoms with Crippen molar-refractivity contribution >= 4 is 49.6 Å². The lowest BCUT2D eigenvalue weighted by atomic mass is 10.1. The lowest BCUT2D eigenvalue weighted by Crippen LogP contribution is -2.52. The summed E-state index contributed by atoms with van der Waals surface area (Å²) >= 11 is 7.11. The van der Waals surface area contributed by atoms with E-state index in [4.69, 9.17) is 11.6 Å². The van der Waals surface area contributed by atoms with Crippen LogP contribution in [0.1, 0.15) is 6.92 Å². The molecule has 1 atom stereocenters. The van der Waals surface area contributed by atoms with Gasteiger partial charge < -0.3 is 10.4 Å². The van der Waals surface area contributed by atoms with Gasteiger partial charge in [-0.25, -0.2) is 8.42 Å². The second kappa shape index (κ2) is 7.30. The van der Waals surface area contributed by atoms with Crippen molar-refractivity contribution in [3.8, 4) is 0 Å². The zero-order valence-electron chi connectivity index (χ0n) is 13.9. The second-order valence-corrected chi connectivity index (χ2v) is 8.89. The Kier molecular flexibility index (Phi) is 5.81. The average molecular weight is 443 g/mol. The molecular weight excluding hydrogens is 429 g/mol. The number of amides is 1. The van der Waals surface area contributed by atoms with Crippen molar-refractivity contribution in [1.29, 1.82) is 0 Å². The molecular formula is C15H14ClF3N2O4S2. The summed E-state index contributed by atoms with van der Waals surface area (Å²) < 4.78 is 64.3. The molecule has 0 aliphatic rings. The molecule has 0 radical (unpaired) electrons. The number of alkyl halides is 3. The third-order valence-corrected chi connectivity index (χ3v) is 6.80. The van der Waals surface area contributed by atoms with E-state index >= 15 is 0 Å². The number of thiophene rings is 1. The summed E-state index contributed by atoms with van der Waals surface area (Å²) in [5.74, 6) is -1.75. The van der Waals surface area contributed by atoms with Gasteiger partial charge in [0.1, 0.15) is 5.00 Å². The zero-order valence-corrected chi connectivity index (χ0v) is 16.3. The molecule has 1 aromatic heterocycles. The van der Waals surface area contributed by atoms with Gasteiger partial charge in [-0.1, -0.05) is 11.6 Å². The van der Waals surface area contributed by atoms with E-state index in [0.29, 0.717) is 11.9 Å². The number of aliphatic hydroxyl groups is 1. The Morgan fingerprint density at radius 2 is 1.93 bits per heavy atom. The molecule has 2 rings (SSSR count). The molecule has 27 heavy (non-hydrogen) atoms. The van der Waals surface area contributed by atoms with Crippen LogP contribution in [0.15, 0.2) is 40.6 Å². The van der Waals surface area contributed by atoms with Gasteiger partial charge in [0.15, 0.2) is 0 Å². The predicted molar refractivity (Wildman–Crippen MR) is 96.7 cm³/mol. The Bertz CT molecular complexity index is 944. The molecule has 0 aliphatic heterocycles. The highest BCUT2D eigenvalue weighted by Gasteiger charge is 2.55. The minimum Gasteiger partial charge on any atom is -0.373 e. The Morgan fingerprint density at radius 3 is 2.41 bits per heavy atom. The highest BCUT2D eigenvalue weighted by molar-refractivity contribution is 7.93. The van der Waals surface area contributed by atoms with Crippen molar-refractivity contribution in [1.82, 2.24) is 0 Å². The number of benzene rings is 1. The quantitative estimate of drug-likeness (QED) is 0.742. The molecule has 12 heteroatoms. The average Bonchev–Trinajstić information content (AvgIpc) is 3.08. The first-order chi connectivity index (χ1) is 12.3. The maximum absolute atomic E-state index is 12.7. The molecule has 2 aromatic rings. The number of carbonyl (C=O) groups excluding carboxylic acids is 1. The van der Waals surface area contributed by atoms with Crippen LogP contribution in [-0.4, -0.2) is 38.3 Å². The van der Waals surface area contributed by atoms with Crippen LogP contribution >= 0.6 is 22.9 Å². The first-order valence-electron chi connectivity index (χ1n) is 7.21. The molecule has 0 bridgehead atoms. The standard InChI is InChI=1S/C15H14ClF3N2O4S2/c1-14(23,15(17,18)19)13(22)20-11-6-5-9(8-10(11)16)27(24,25)21(2)12-4-3-7-26-12/h3-8,23H,1-2H3,(H,20,22)/t14-/m1/s1. The van der Waals surface area contributed by atoms with Crippen LogP contribution in [0, 0.1) is 0 Å². The van der Waals surface area contributed by atoms with Gasteiger partial charge in [0.25, 0.3) is 15.9 Å². The van der Waals surface area contributed by atoms with Crippen molar-refractivity contribution in [2.45, 2.75) is 23.6 Å². The van der Waals surface area contributed by atoms with Crippen molar-refractivity contribution in [3.05, 3.63) is 40.7 Å². The number of nitrogens with zero attached hydrogens (tertiary/aromatic N) is 1. The largest absolute Gasteiger partial charge is 0.426 e. The van der Waals surface area contributed by atoms with Crippen molar-refractivity contribution in [2.75, 3.05) is 16.7 Å². The van der Waals surface area contributed by atoms with E-state index < -0.39 is 27.7 Å². The Hall–Kier alpha value is -1.82. The molecule has 1 heterocycles. The zero-order chi connectivity index (χ0) is 20.6. The smallest absolute Gasteiger partial charge is 0.373 e. The predicted octanol–water partition coefficient (Wildman–Crippen LogP) is 3.48. The fraction of sp³-hybridized carbons (Fsp3) is 0.267. The summed E-state index contributed by atoms with van der Waals surface area (Å²) in [7, 11) is -2.63. The molecule has 0 saturated carbocycles. The van der Waals surface area contributed by atoms with Gasteiger partial charge in [-0.2, -0.15) is 13.2 Å². The summed E-state index contributed by atoms with van der Waals surface area (Å²) in [6, 6.07) is 6.39. The third kappa shape index (κ3) is 4.21. The van der Waals surface area contributed by atoms with Crippen LogP contribution in [0.5, 0.6) is 0 Å².